The van der Waals surface area contributed by atoms with Crippen LogP contribution in [0, 0.1) is 0 Å². The van der Waals surface area contributed by atoms with Crippen molar-refractivity contribution < 1.29 is 4.79 Å². The van der Waals surface area contributed by atoms with E-state index in [-0.39, 0.29) is 5.91 Å². The molecular weight excluding hydrogens is 252 g/mol. The summed E-state index contributed by atoms with van der Waals surface area (Å²) in [6.45, 7) is 0.329. The highest BCUT2D eigenvalue weighted by molar-refractivity contribution is 5.96. The minimum absolute atomic E-state index is 0.165. The number of aryl methyl sites for hydroxylation is 1. The van der Waals surface area contributed by atoms with Crippen LogP contribution in [0.3, 0.4) is 0 Å². The van der Waals surface area contributed by atoms with Gasteiger partial charge < -0.3 is 10.6 Å². The van der Waals surface area contributed by atoms with Crippen molar-refractivity contribution in [3.05, 3.63) is 41.9 Å². The third-order valence-corrected chi connectivity index (χ3v) is 3.61. The standard InChI is InChI=1S/C15H16N4O/c1-19-13-4-2-10(8-11(13)3-5-15(19)20)12-6-7-17-14(9-16)18-12/h2,4,6-8H,3,5,9,16H2,1H3. The predicted molar refractivity (Wildman–Crippen MR) is 77.1 cm³/mol. The van der Waals surface area contributed by atoms with Crippen molar-refractivity contribution in [2.45, 2.75) is 19.4 Å². The summed E-state index contributed by atoms with van der Waals surface area (Å²) in [6, 6.07) is 7.93. The van der Waals surface area contributed by atoms with E-state index in [2.05, 4.69) is 16.0 Å². The quantitative estimate of drug-likeness (QED) is 0.896. The third kappa shape index (κ3) is 2.16. The molecule has 0 atom stereocenters. The van der Waals surface area contributed by atoms with Gasteiger partial charge in [-0.2, -0.15) is 0 Å². The first-order chi connectivity index (χ1) is 9.69. The van der Waals surface area contributed by atoms with E-state index in [1.54, 1.807) is 11.1 Å². The molecule has 1 aliphatic rings. The number of aromatic nitrogens is 2. The lowest BCUT2D eigenvalue weighted by atomic mass is 9.98. The number of carbonyl (C=O) groups is 1. The summed E-state index contributed by atoms with van der Waals surface area (Å²) < 4.78 is 0. The van der Waals surface area contributed by atoms with Gasteiger partial charge in [-0.3, -0.25) is 4.79 Å². The average molecular weight is 268 g/mol. The number of nitrogens with two attached hydrogens (primary N) is 1. The topological polar surface area (TPSA) is 72.1 Å². The van der Waals surface area contributed by atoms with Crippen molar-refractivity contribution in [2.24, 2.45) is 5.73 Å². The smallest absolute Gasteiger partial charge is 0.227 e. The monoisotopic (exact) mass is 268 g/mol. The van der Waals surface area contributed by atoms with Crippen molar-refractivity contribution in [1.29, 1.82) is 0 Å². The van der Waals surface area contributed by atoms with E-state index in [4.69, 9.17) is 5.73 Å². The molecule has 5 heteroatoms. The Labute approximate surface area is 117 Å². The van der Waals surface area contributed by atoms with Crippen molar-refractivity contribution >= 4 is 11.6 Å². The van der Waals surface area contributed by atoms with Gasteiger partial charge in [-0.05, 0) is 30.2 Å². The van der Waals surface area contributed by atoms with E-state index in [0.29, 0.717) is 18.8 Å². The Morgan fingerprint density at radius 3 is 2.95 bits per heavy atom. The Kier molecular flexibility index (Phi) is 3.20. The van der Waals surface area contributed by atoms with Crippen LogP contribution in [0.25, 0.3) is 11.3 Å². The molecule has 1 aliphatic heterocycles. The molecule has 5 nitrogen and oxygen atoms in total. The van der Waals surface area contributed by atoms with Crippen molar-refractivity contribution in [2.75, 3.05) is 11.9 Å². The fourth-order valence-corrected chi connectivity index (χ4v) is 2.47. The molecule has 0 aliphatic carbocycles. The molecule has 0 bridgehead atoms. The summed E-state index contributed by atoms with van der Waals surface area (Å²) in [5.41, 5.74) is 9.63. The van der Waals surface area contributed by atoms with Gasteiger partial charge in [-0.15, -0.1) is 0 Å². The minimum Gasteiger partial charge on any atom is -0.324 e. The highest BCUT2D eigenvalue weighted by Gasteiger charge is 2.21. The van der Waals surface area contributed by atoms with Crippen molar-refractivity contribution in [1.82, 2.24) is 9.97 Å². The van der Waals surface area contributed by atoms with E-state index < -0.39 is 0 Å². The van der Waals surface area contributed by atoms with Gasteiger partial charge in [0.05, 0.1) is 12.2 Å². The van der Waals surface area contributed by atoms with Crippen molar-refractivity contribution in [3.8, 4) is 11.3 Å². The zero-order chi connectivity index (χ0) is 14.1. The third-order valence-electron chi connectivity index (χ3n) is 3.61. The molecule has 0 saturated heterocycles. The summed E-state index contributed by atoms with van der Waals surface area (Å²) >= 11 is 0. The Bertz CT molecular complexity index is 669. The van der Waals surface area contributed by atoms with E-state index in [9.17, 15) is 4.79 Å². The maximum atomic E-state index is 11.7. The zero-order valence-corrected chi connectivity index (χ0v) is 11.3. The number of benzene rings is 1. The molecule has 3 rings (SSSR count). The lowest BCUT2D eigenvalue weighted by molar-refractivity contribution is -0.118. The van der Waals surface area contributed by atoms with Crippen LogP contribution in [-0.4, -0.2) is 22.9 Å². The molecule has 2 heterocycles. The number of anilines is 1. The van der Waals surface area contributed by atoms with Crippen LogP contribution >= 0.6 is 0 Å². The largest absolute Gasteiger partial charge is 0.324 e. The van der Waals surface area contributed by atoms with Crippen LogP contribution in [0.5, 0.6) is 0 Å². The van der Waals surface area contributed by atoms with E-state index >= 15 is 0 Å². The van der Waals surface area contributed by atoms with Gasteiger partial charge in [0.2, 0.25) is 5.91 Å². The number of hydrogen-bond acceptors (Lipinski definition) is 4. The molecule has 20 heavy (non-hydrogen) atoms. The normalized spacial score (nSPS) is 14.3. The first kappa shape index (κ1) is 12.7. The van der Waals surface area contributed by atoms with Gasteiger partial charge in [-0.1, -0.05) is 6.07 Å². The molecule has 2 aromatic rings. The van der Waals surface area contributed by atoms with Crippen LogP contribution in [0.2, 0.25) is 0 Å². The van der Waals surface area contributed by atoms with Gasteiger partial charge >= 0.3 is 0 Å². The second-order valence-corrected chi connectivity index (χ2v) is 4.86. The van der Waals surface area contributed by atoms with E-state index in [1.165, 1.54) is 5.56 Å². The van der Waals surface area contributed by atoms with E-state index in [0.717, 1.165) is 23.4 Å². The summed E-state index contributed by atoms with van der Waals surface area (Å²) in [5, 5.41) is 0. The first-order valence-electron chi connectivity index (χ1n) is 6.61. The fraction of sp³-hybridized carbons (Fsp3) is 0.267. The summed E-state index contributed by atoms with van der Waals surface area (Å²) in [5.74, 6) is 0.797. The molecule has 0 saturated carbocycles. The van der Waals surface area contributed by atoms with Crippen LogP contribution in [0.1, 0.15) is 17.8 Å². The highest BCUT2D eigenvalue weighted by atomic mass is 16.2. The maximum absolute atomic E-state index is 11.7. The molecule has 0 radical (unpaired) electrons. The van der Waals surface area contributed by atoms with Crippen LogP contribution < -0.4 is 10.6 Å². The molecule has 102 valence electrons. The molecule has 1 aromatic heterocycles. The van der Waals surface area contributed by atoms with Crippen LogP contribution in [-0.2, 0) is 17.8 Å². The van der Waals surface area contributed by atoms with Crippen LogP contribution in [0.15, 0.2) is 30.5 Å². The number of amides is 1. The maximum Gasteiger partial charge on any atom is 0.227 e. The van der Waals surface area contributed by atoms with Gasteiger partial charge in [0.25, 0.3) is 0 Å². The molecule has 0 spiro atoms. The molecule has 0 unspecified atom stereocenters. The summed E-state index contributed by atoms with van der Waals surface area (Å²) in [4.78, 5) is 21.9. The van der Waals surface area contributed by atoms with Gasteiger partial charge in [0.15, 0.2) is 0 Å². The van der Waals surface area contributed by atoms with Crippen LogP contribution in [0.4, 0.5) is 5.69 Å². The van der Waals surface area contributed by atoms with Gasteiger partial charge in [-0.25, -0.2) is 9.97 Å². The summed E-state index contributed by atoms with van der Waals surface area (Å²) in [7, 11) is 1.82. The number of carbonyl (C=O) groups excluding carboxylic acids is 1. The number of fused-ring (bicyclic) bond motifs is 1. The molecule has 0 fully saturated rings. The average Bonchev–Trinajstić information content (AvgIpc) is 2.51. The minimum atomic E-state index is 0.165. The van der Waals surface area contributed by atoms with E-state index in [1.807, 2.05) is 25.2 Å². The first-order valence-corrected chi connectivity index (χ1v) is 6.61. The fourth-order valence-electron chi connectivity index (χ4n) is 2.47. The second-order valence-electron chi connectivity index (χ2n) is 4.86. The zero-order valence-electron chi connectivity index (χ0n) is 11.3. The molecule has 1 aromatic carbocycles. The number of rotatable bonds is 2. The number of nitrogens with zero attached hydrogens (tertiary/aromatic N) is 3. The Morgan fingerprint density at radius 2 is 2.15 bits per heavy atom. The lowest BCUT2D eigenvalue weighted by Gasteiger charge is -2.26. The Morgan fingerprint density at radius 1 is 1.30 bits per heavy atom. The number of hydrogen-bond donors (Lipinski definition) is 1. The molecular formula is C15H16N4O. The molecule has 1 amide bonds. The second kappa shape index (κ2) is 5.02. The summed E-state index contributed by atoms with van der Waals surface area (Å²) in [6.07, 6.45) is 3.06. The highest BCUT2D eigenvalue weighted by Crippen LogP contribution is 2.30. The van der Waals surface area contributed by atoms with Gasteiger partial charge in [0.1, 0.15) is 5.82 Å². The lowest BCUT2D eigenvalue weighted by Crippen LogP contribution is -2.30. The SMILES string of the molecule is CN1C(=O)CCc2cc(-c3ccnc(CN)n3)ccc21. The Balaban J connectivity index is 2.02. The molecule has 2 N–H and O–H groups in total. The Hall–Kier alpha value is -2.27. The van der Waals surface area contributed by atoms with Crippen molar-refractivity contribution in [3.63, 3.8) is 0 Å². The van der Waals surface area contributed by atoms with Gasteiger partial charge in [0, 0.05) is 30.9 Å². The predicted octanol–water partition coefficient (Wildman–Crippen LogP) is 1.51.